The number of benzene rings is 2. The van der Waals surface area contributed by atoms with E-state index < -0.39 is 23.9 Å². The fourth-order valence-corrected chi connectivity index (χ4v) is 2.17. The Hall–Kier alpha value is -2.54. The first-order chi connectivity index (χ1) is 11.4. The number of para-hydroxylation sites is 1. The molecule has 0 bridgehead atoms. The molecule has 1 unspecified atom stereocenters. The molecular formula is C17H17F3N2O2. The Morgan fingerprint density at radius 2 is 1.67 bits per heavy atom. The molecule has 0 aliphatic rings. The van der Waals surface area contributed by atoms with Crippen LogP contribution in [0.15, 0.2) is 54.6 Å². The zero-order valence-corrected chi connectivity index (χ0v) is 12.7. The number of aliphatic hydroxyl groups excluding tert-OH is 1. The minimum Gasteiger partial charge on any atom is -0.391 e. The maximum Gasteiger partial charge on any atom is 0.418 e. The number of hydrogen-bond acceptors (Lipinski definition) is 2. The molecule has 0 saturated heterocycles. The Morgan fingerprint density at radius 3 is 2.33 bits per heavy atom. The molecule has 2 rings (SSSR count). The second kappa shape index (κ2) is 7.83. The molecule has 128 valence electrons. The molecule has 2 aromatic carbocycles. The van der Waals surface area contributed by atoms with Crippen LogP contribution in [-0.4, -0.2) is 23.8 Å². The van der Waals surface area contributed by atoms with E-state index in [1.54, 1.807) is 0 Å². The van der Waals surface area contributed by atoms with Gasteiger partial charge < -0.3 is 15.7 Å². The third-order valence-corrected chi connectivity index (χ3v) is 3.29. The Balaban J connectivity index is 1.88. The van der Waals surface area contributed by atoms with E-state index in [2.05, 4.69) is 10.6 Å². The van der Waals surface area contributed by atoms with Crippen LogP contribution in [0.2, 0.25) is 0 Å². The van der Waals surface area contributed by atoms with Gasteiger partial charge in [-0.2, -0.15) is 13.2 Å². The molecule has 3 N–H and O–H groups in total. The van der Waals surface area contributed by atoms with E-state index in [9.17, 15) is 23.1 Å². The van der Waals surface area contributed by atoms with Gasteiger partial charge in [-0.05, 0) is 17.7 Å². The molecular weight excluding hydrogens is 321 g/mol. The number of amides is 2. The molecule has 0 heterocycles. The first-order valence-electron chi connectivity index (χ1n) is 7.29. The third-order valence-electron chi connectivity index (χ3n) is 3.29. The molecule has 24 heavy (non-hydrogen) atoms. The molecule has 0 saturated carbocycles. The van der Waals surface area contributed by atoms with E-state index >= 15 is 0 Å². The Labute approximate surface area is 137 Å². The second-order valence-electron chi connectivity index (χ2n) is 5.22. The van der Waals surface area contributed by atoms with E-state index in [1.807, 2.05) is 30.3 Å². The van der Waals surface area contributed by atoms with Crippen molar-refractivity contribution >= 4 is 11.7 Å². The monoisotopic (exact) mass is 338 g/mol. The zero-order valence-electron chi connectivity index (χ0n) is 12.7. The average Bonchev–Trinajstić information content (AvgIpc) is 2.53. The van der Waals surface area contributed by atoms with E-state index in [1.165, 1.54) is 18.2 Å². The molecule has 1 atom stereocenters. The molecule has 0 radical (unpaired) electrons. The number of nitrogens with one attached hydrogen (secondary N) is 2. The first-order valence-corrected chi connectivity index (χ1v) is 7.29. The van der Waals surface area contributed by atoms with E-state index in [-0.39, 0.29) is 12.2 Å². The average molecular weight is 338 g/mol. The summed E-state index contributed by atoms with van der Waals surface area (Å²) >= 11 is 0. The topological polar surface area (TPSA) is 61.4 Å². The highest BCUT2D eigenvalue weighted by atomic mass is 19.4. The Bertz CT molecular complexity index is 675. The van der Waals surface area contributed by atoms with Crippen molar-refractivity contribution in [2.75, 3.05) is 11.9 Å². The number of urea groups is 1. The summed E-state index contributed by atoms with van der Waals surface area (Å²) in [5, 5.41) is 14.4. The van der Waals surface area contributed by atoms with Gasteiger partial charge in [0, 0.05) is 13.0 Å². The minimum absolute atomic E-state index is 0.0745. The van der Waals surface area contributed by atoms with Gasteiger partial charge in [0.25, 0.3) is 0 Å². The van der Waals surface area contributed by atoms with Crippen molar-refractivity contribution in [2.24, 2.45) is 0 Å². The van der Waals surface area contributed by atoms with Gasteiger partial charge in [0.2, 0.25) is 0 Å². The van der Waals surface area contributed by atoms with Crippen LogP contribution < -0.4 is 10.6 Å². The summed E-state index contributed by atoms with van der Waals surface area (Å²) < 4.78 is 38.5. The zero-order chi connectivity index (χ0) is 17.6. The largest absolute Gasteiger partial charge is 0.418 e. The van der Waals surface area contributed by atoms with Crippen molar-refractivity contribution in [1.82, 2.24) is 5.32 Å². The number of rotatable bonds is 5. The van der Waals surface area contributed by atoms with E-state index in [0.717, 1.165) is 11.6 Å². The van der Waals surface area contributed by atoms with Crippen LogP contribution in [0.25, 0.3) is 0 Å². The number of anilines is 1. The van der Waals surface area contributed by atoms with Crippen LogP contribution in [-0.2, 0) is 12.6 Å². The summed E-state index contributed by atoms with van der Waals surface area (Å²) in [7, 11) is 0. The Morgan fingerprint density at radius 1 is 1.04 bits per heavy atom. The lowest BCUT2D eigenvalue weighted by molar-refractivity contribution is -0.136. The first kappa shape index (κ1) is 17.8. The predicted molar refractivity (Wildman–Crippen MR) is 84.6 cm³/mol. The Kier molecular flexibility index (Phi) is 5.81. The lowest BCUT2D eigenvalue weighted by atomic mass is 10.1. The van der Waals surface area contributed by atoms with Crippen LogP contribution in [0.1, 0.15) is 11.1 Å². The fourth-order valence-electron chi connectivity index (χ4n) is 2.17. The fraction of sp³-hybridized carbons (Fsp3) is 0.235. The number of carbonyl (C=O) groups excluding carboxylic acids is 1. The molecule has 0 aliphatic heterocycles. The maximum absolute atomic E-state index is 12.8. The highest BCUT2D eigenvalue weighted by Gasteiger charge is 2.33. The smallest absolute Gasteiger partial charge is 0.391 e. The third kappa shape index (κ3) is 5.27. The van der Waals surface area contributed by atoms with Gasteiger partial charge in [-0.15, -0.1) is 0 Å². The van der Waals surface area contributed by atoms with Crippen LogP contribution >= 0.6 is 0 Å². The van der Waals surface area contributed by atoms with E-state index in [4.69, 9.17) is 0 Å². The number of alkyl halides is 3. The van der Waals surface area contributed by atoms with Crippen molar-refractivity contribution in [3.8, 4) is 0 Å². The number of halogens is 3. The van der Waals surface area contributed by atoms with Gasteiger partial charge >= 0.3 is 12.2 Å². The predicted octanol–water partition coefficient (Wildman–Crippen LogP) is 3.43. The van der Waals surface area contributed by atoms with Gasteiger partial charge in [-0.25, -0.2) is 4.79 Å². The van der Waals surface area contributed by atoms with Gasteiger partial charge in [-0.1, -0.05) is 42.5 Å². The van der Waals surface area contributed by atoms with Crippen LogP contribution in [0.3, 0.4) is 0 Å². The quantitative estimate of drug-likeness (QED) is 0.782. The van der Waals surface area contributed by atoms with Crippen molar-refractivity contribution in [3.05, 3.63) is 65.7 Å². The van der Waals surface area contributed by atoms with Gasteiger partial charge in [0.1, 0.15) is 0 Å². The highest BCUT2D eigenvalue weighted by Crippen LogP contribution is 2.34. The van der Waals surface area contributed by atoms with Crippen LogP contribution in [0.4, 0.5) is 23.7 Å². The van der Waals surface area contributed by atoms with Crippen molar-refractivity contribution < 1.29 is 23.1 Å². The van der Waals surface area contributed by atoms with Crippen molar-refractivity contribution in [3.63, 3.8) is 0 Å². The minimum atomic E-state index is -4.56. The molecule has 0 spiro atoms. The highest BCUT2D eigenvalue weighted by molar-refractivity contribution is 5.90. The number of hydrogen-bond donors (Lipinski definition) is 3. The molecule has 7 heteroatoms. The lowest BCUT2D eigenvalue weighted by Gasteiger charge is -2.15. The normalized spacial score (nSPS) is 12.5. The summed E-state index contributed by atoms with van der Waals surface area (Å²) in [6.45, 7) is -0.0745. The molecule has 2 amide bonds. The van der Waals surface area contributed by atoms with Gasteiger partial charge in [0.05, 0.1) is 17.4 Å². The van der Waals surface area contributed by atoms with Crippen LogP contribution in [0.5, 0.6) is 0 Å². The SMILES string of the molecule is O=C(NCC(O)Cc1ccccc1)Nc1ccccc1C(F)(F)F. The molecule has 2 aromatic rings. The summed E-state index contributed by atoms with van der Waals surface area (Å²) in [5.41, 5.74) is -0.361. The molecule has 0 aromatic heterocycles. The van der Waals surface area contributed by atoms with Crippen LogP contribution in [0, 0.1) is 0 Å². The van der Waals surface area contributed by atoms with Crippen molar-refractivity contribution in [1.29, 1.82) is 0 Å². The number of carbonyl (C=O) groups is 1. The lowest BCUT2D eigenvalue weighted by Crippen LogP contribution is -2.36. The summed E-state index contributed by atoms with van der Waals surface area (Å²) in [5.74, 6) is 0. The second-order valence-corrected chi connectivity index (χ2v) is 5.22. The summed E-state index contributed by atoms with van der Waals surface area (Å²) in [6, 6.07) is 13.1. The molecule has 0 fully saturated rings. The van der Waals surface area contributed by atoms with Gasteiger partial charge in [-0.3, -0.25) is 0 Å². The summed E-state index contributed by atoms with van der Waals surface area (Å²) in [6.07, 6.45) is -5.06. The standard InChI is InChI=1S/C17H17F3N2O2/c18-17(19,20)14-8-4-5-9-15(14)22-16(24)21-11-13(23)10-12-6-2-1-3-7-12/h1-9,13,23H,10-11H2,(H2,21,22,24). The molecule has 4 nitrogen and oxygen atoms in total. The van der Waals surface area contributed by atoms with E-state index in [0.29, 0.717) is 6.42 Å². The molecule has 0 aliphatic carbocycles. The number of aliphatic hydroxyl groups is 1. The van der Waals surface area contributed by atoms with Crippen molar-refractivity contribution in [2.45, 2.75) is 18.7 Å². The van der Waals surface area contributed by atoms with Gasteiger partial charge in [0.15, 0.2) is 0 Å². The summed E-state index contributed by atoms with van der Waals surface area (Å²) in [4.78, 5) is 11.7. The maximum atomic E-state index is 12.8.